The number of aldehydes is 2. The number of carbonyl (C=O) groups is 3. The average molecular weight is 328 g/mol. The summed E-state index contributed by atoms with van der Waals surface area (Å²) in [6, 6.07) is 0. The molecule has 11 heteroatoms. The van der Waals surface area contributed by atoms with Crippen molar-refractivity contribution >= 4 is 18.5 Å². The fourth-order valence-corrected chi connectivity index (χ4v) is 0.719. The van der Waals surface area contributed by atoms with Crippen LogP contribution >= 0.6 is 0 Å². The fraction of sp³-hybridized carbons (Fsp3) is 0.700. The van der Waals surface area contributed by atoms with Crippen molar-refractivity contribution in [3.05, 3.63) is 0 Å². The van der Waals surface area contributed by atoms with Crippen LogP contribution in [0, 0.1) is 0 Å². The van der Waals surface area contributed by atoms with Gasteiger partial charge in [-0.3, -0.25) is 4.79 Å². The lowest BCUT2D eigenvalue weighted by atomic mass is 10.1. The monoisotopic (exact) mass is 328 g/mol. The molecule has 0 fully saturated rings. The Morgan fingerprint density at radius 3 is 1.76 bits per heavy atom. The zero-order chi connectivity index (χ0) is 17.3. The molecule has 0 spiro atoms. The first-order valence-corrected chi connectivity index (χ1v) is 5.13. The minimum Gasteiger partial charge on any atom is -0.469 e. The standard InChI is InChI=1S/C5H3F7O.C5H8O3/c6-3(7,1-2-13)4(8,9)5(10,11)12;1-8-5(7)3-2-4-6/h2H,1H2;4H,2-3H2,1H3. The van der Waals surface area contributed by atoms with E-state index >= 15 is 0 Å². The predicted octanol–water partition coefficient (Wildman–Crippen LogP) is 2.55. The van der Waals surface area contributed by atoms with Crippen molar-refractivity contribution in [2.24, 2.45) is 0 Å². The van der Waals surface area contributed by atoms with Gasteiger partial charge in [-0.25, -0.2) is 0 Å². The van der Waals surface area contributed by atoms with E-state index in [-0.39, 0.29) is 18.8 Å². The molecule has 4 nitrogen and oxygen atoms in total. The first kappa shape index (κ1) is 21.6. The maximum Gasteiger partial charge on any atom is 0.459 e. The van der Waals surface area contributed by atoms with E-state index < -0.39 is 30.7 Å². The lowest BCUT2D eigenvalue weighted by Gasteiger charge is -2.26. The number of hydrogen-bond donors (Lipinski definition) is 0. The fourth-order valence-electron chi connectivity index (χ4n) is 0.719. The molecule has 0 aromatic carbocycles. The van der Waals surface area contributed by atoms with Crippen LogP contribution in [-0.4, -0.2) is 43.7 Å². The third-order valence-corrected chi connectivity index (χ3v) is 1.85. The van der Waals surface area contributed by atoms with Crippen molar-refractivity contribution in [1.29, 1.82) is 0 Å². The Labute approximate surface area is 114 Å². The first-order chi connectivity index (χ1) is 9.37. The third kappa shape index (κ3) is 7.04. The van der Waals surface area contributed by atoms with Crippen molar-refractivity contribution in [2.75, 3.05) is 7.11 Å². The van der Waals surface area contributed by atoms with Gasteiger partial charge in [0.2, 0.25) is 0 Å². The molecular weight excluding hydrogens is 317 g/mol. The van der Waals surface area contributed by atoms with Gasteiger partial charge in [0.25, 0.3) is 0 Å². The van der Waals surface area contributed by atoms with Crippen LogP contribution in [0.15, 0.2) is 0 Å². The van der Waals surface area contributed by atoms with Crippen molar-refractivity contribution in [3.8, 4) is 0 Å². The van der Waals surface area contributed by atoms with Gasteiger partial charge in [0, 0.05) is 6.42 Å². The van der Waals surface area contributed by atoms with Crippen LogP contribution in [0.1, 0.15) is 19.3 Å². The van der Waals surface area contributed by atoms with Crippen LogP contribution < -0.4 is 0 Å². The van der Waals surface area contributed by atoms with Gasteiger partial charge in [0.05, 0.1) is 20.0 Å². The molecule has 0 saturated carbocycles. The Hall–Kier alpha value is -1.68. The van der Waals surface area contributed by atoms with E-state index in [1.165, 1.54) is 7.11 Å². The van der Waals surface area contributed by atoms with Crippen molar-refractivity contribution in [2.45, 2.75) is 37.3 Å². The van der Waals surface area contributed by atoms with E-state index in [9.17, 15) is 45.1 Å². The van der Waals surface area contributed by atoms with Crippen molar-refractivity contribution in [3.63, 3.8) is 0 Å². The number of ether oxygens (including phenoxy) is 1. The van der Waals surface area contributed by atoms with Crippen LogP contribution in [0.2, 0.25) is 0 Å². The number of methoxy groups -OCH3 is 1. The second kappa shape index (κ2) is 8.57. The Bertz CT molecular complexity index is 352. The molecule has 0 atom stereocenters. The van der Waals surface area contributed by atoms with Crippen molar-refractivity contribution < 1.29 is 49.9 Å². The Morgan fingerprint density at radius 1 is 1.00 bits per heavy atom. The van der Waals surface area contributed by atoms with Crippen LogP contribution in [0.3, 0.4) is 0 Å². The molecule has 124 valence electrons. The Morgan fingerprint density at radius 2 is 1.48 bits per heavy atom. The second-order valence-corrected chi connectivity index (χ2v) is 3.43. The van der Waals surface area contributed by atoms with Gasteiger partial charge in [-0.1, -0.05) is 0 Å². The molecule has 0 N–H and O–H groups in total. The summed E-state index contributed by atoms with van der Waals surface area (Å²) < 4.78 is 85.9. The van der Waals surface area contributed by atoms with Crippen LogP contribution in [-0.2, 0) is 19.1 Å². The minimum atomic E-state index is -6.36. The topological polar surface area (TPSA) is 60.4 Å². The molecule has 0 unspecified atom stereocenters. The lowest BCUT2D eigenvalue weighted by Crippen LogP contribution is -2.52. The lowest BCUT2D eigenvalue weighted by molar-refractivity contribution is -0.353. The van der Waals surface area contributed by atoms with E-state index in [1.807, 2.05) is 0 Å². The quantitative estimate of drug-likeness (QED) is 0.427. The predicted molar refractivity (Wildman–Crippen MR) is 53.9 cm³/mol. The van der Waals surface area contributed by atoms with Crippen LogP contribution in [0.25, 0.3) is 0 Å². The number of esters is 1. The van der Waals surface area contributed by atoms with Gasteiger partial charge in [0.15, 0.2) is 0 Å². The van der Waals surface area contributed by atoms with E-state index in [0.29, 0.717) is 6.29 Å². The minimum absolute atomic E-state index is 0.194. The molecule has 0 aliphatic carbocycles. The second-order valence-electron chi connectivity index (χ2n) is 3.43. The normalized spacial score (nSPS) is 12.0. The molecule has 0 rings (SSSR count). The van der Waals surface area contributed by atoms with Gasteiger partial charge in [-0.05, 0) is 0 Å². The zero-order valence-electron chi connectivity index (χ0n) is 10.6. The molecule has 21 heavy (non-hydrogen) atoms. The smallest absolute Gasteiger partial charge is 0.459 e. The average Bonchev–Trinajstić information content (AvgIpc) is 2.35. The molecule has 0 heterocycles. The molecule has 0 aromatic rings. The van der Waals surface area contributed by atoms with Gasteiger partial charge in [-0.2, -0.15) is 30.7 Å². The summed E-state index contributed by atoms with van der Waals surface area (Å²) in [5, 5.41) is 0. The van der Waals surface area contributed by atoms with Gasteiger partial charge < -0.3 is 14.3 Å². The van der Waals surface area contributed by atoms with Crippen LogP contribution in [0.4, 0.5) is 30.7 Å². The number of hydrogen-bond acceptors (Lipinski definition) is 4. The molecule has 0 aliphatic rings. The maximum atomic E-state index is 12.0. The molecule has 0 radical (unpaired) electrons. The molecule has 0 aromatic heterocycles. The maximum absolute atomic E-state index is 12.0. The van der Waals surface area contributed by atoms with Gasteiger partial charge in [0.1, 0.15) is 12.6 Å². The van der Waals surface area contributed by atoms with Crippen LogP contribution in [0.5, 0.6) is 0 Å². The zero-order valence-corrected chi connectivity index (χ0v) is 10.6. The van der Waals surface area contributed by atoms with E-state index in [0.717, 1.165) is 0 Å². The Balaban J connectivity index is 0. The summed E-state index contributed by atoms with van der Waals surface area (Å²) in [4.78, 5) is 29.2. The largest absolute Gasteiger partial charge is 0.469 e. The number of halogens is 7. The first-order valence-electron chi connectivity index (χ1n) is 5.13. The molecule has 0 amide bonds. The van der Waals surface area contributed by atoms with E-state index in [4.69, 9.17) is 0 Å². The molecular formula is C10H11F7O4. The van der Waals surface area contributed by atoms with Gasteiger partial charge >= 0.3 is 24.0 Å². The number of carbonyl (C=O) groups excluding carboxylic acids is 3. The Kier molecular flexibility index (Phi) is 8.82. The number of rotatable bonds is 6. The SMILES string of the molecule is COC(=O)CCC=O.O=CCC(F)(F)C(F)(F)C(F)(F)F. The highest BCUT2D eigenvalue weighted by atomic mass is 19.4. The highest BCUT2D eigenvalue weighted by Crippen LogP contribution is 2.47. The van der Waals surface area contributed by atoms with E-state index in [2.05, 4.69) is 4.74 Å². The summed E-state index contributed by atoms with van der Waals surface area (Å²) in [6.45, 7) is 0. The summed E-state index contributed by atoms with van der Waals surface area (Å²) in [5.41, 5.74) is 0. The van der Waals surface area contributed by atoms with Crippen molar-refractivity contribution in [1.82, 2.24) is 0 Å². The highest BCUT2D eigenvalue weighted by Gasteiger charge is 2.72. The third-order valence-electron chi connectivity index (χ3n) is 1.85. The van der Waals surface area contributed by atoms with E-state index in [1.54, 1.807) is 0 Å². The summed E-state index contributed by atoms with van der Waals surface area (Å²) in [5.74, 6) is -11.9. The number of alkyl halides is 7. The molecule has 0 aliphatic heterocycles. The summed E-state index contributed by atoms with van der Waals surface area (Å²) in [7, 11) is 1.30. The molecule has 0 saturated heterocycles. The highest BCUT2D eigenvalue weighted by molar-refractivity contribution is 5.72. The summed E-state index contributed by atoms with van der Waals surface area (Å²) >= 11 is 0. The summed E-state index contributed by atoms with van der Waals surface area (Å²) in [6.07, 6.45) is -8.08. The van der Waals surface area contributed by atoms with Gasteiger partial charge in [-0.15, -0.1) is 0 Å². The molecule has 0 bridgehead atoms.